The lowest BCUT2D eigenvalue weighted by molar-refractivity contribution is -0.158. The van der Waals surface area contributed by atoms with Crippen LogP contribution in [0.15, 0.2) is 63.6 Å². The van der Waals surface area contributed by atoms with E-state index in [9.17, 15) is 34.5 Å². The first kappa shape index (κ1) is 41.9. The molecule has 4 N–H and O–H groups in total. The molecule has 0 radical (unpaired) electrons. The number of phenolic OH excluding ortho intramolecular Hbond substituents is 1. The number of aromatic nitrogens is 1. The third kappa shape index (κ3) is 7.52. The van der Waals surface area contributed by atoms with Gasteiger partial charge >= 0.3 is 11.8 Å². The van der Waals surface area contributed by atoms with E-state index in [2.05, 4.69) is 5.32 Å². The number of methoxy groups -OCH3 is 2. The van der Waals surface area contributed by atoms with Gasteiger partial charge in [0.05, 0.1) is 42.6 Å². The van der Waals surface area contributed by atoms with Crippen LogP contribution in [0.4, 0.5) is 5.69 Å². The number of anilines is 1. The molecule has 58 heavy (non-hydrogen) atoms. The van der Waals surface area contributed by atoms with Gasteiger partial charge in [-0.3, -0.25) is 19.2 Å². The zero-order valence-electron chi connectivity index (χ0n) is 33.7. The molecular formula is C43H48N2O13. The molecule has 0 unspecified atom stereocenters. The number of aliphatic hydroxyl groups excluding tert-OH is 2. The van der Waals surface area contributed by atoms with E-state index in [1.165, 1.54) is 60.3 Å². The number of esters is 1. The molecule has 3 heterocycles. The second kappa shape index (κ2) is 16.2. The van der Waals surface area contributed by atoms with Crippen molar-refractivity contribution in [3.63, 3.8) is 0 Å². The van der Waals surface area contributed by atoms with Crippen molar-refractivity contribution in [2.45, 2.75) is 85.1 Å². The number of nitrogens with one attached hydrogen (secondary N) is 1. The molecule has 1 amide bonds. The molecule has 0 fully saturated rings. The van der Waals surface area contributed by atoms with Crippen LogP contribution in [0, 0.1) is 24.7 Å². The molecule has 4 aromatic rings. The van der Waals surface area contributed by atoms with E-state index in [1.54, 1.807) is 51.1 Å². The molecule has 8 atom stereocenters. The number of fused-ring (bicyclic) bond motifs is 2. The number of allylic oxidation sites excluding steroid dienone is 2. The summed E-state index contributed by atoms with van der Waals surface area (Å²) in [5.41, 5.74) is -0.540. The number of ketones is 1. The summed E-state index contributed by atoms with van der Waals surface area (Å²) >= 11 is 0. The Morgan fingerprint density at radius 2 is 1.74 bits per heavy atom. The molecule has 1 aromatic heterocycles. The normalized spacial score (nSPS) is 29.1. The number of Topliss-reactive ketones (excluding diaryl/α,β-unsaturated/α-hetero) is 1. The van der Waals surface area contributed by atoms with Gasteiger partial charge in [0.25, 0.3) is 11.7 Å². The number of aliphatic hydroxyl groups is 2. The summed E-state index contributed by atoms with van der Waals surface area (Å²) in [4.78, 5) is 59.6. The molecular weight excluding hydrogens is 752 g/mol. The summed E-state index contributed by atoms with van der Waals surface area (Å²) in [6, 6.07) is 4.81. The Balaban J connectivity index is 1.59. The molecule has 0 saturated carbocycles. The number of nitrogens with zero attached hydrogens (tertiary/aromatic N) is 1. The molecule has 15 heteroatoms. The van der Waals surface area contributed by atoms with Crippen LogP contribution in [0.25, 0.3) is 33.0 Å². The molecule has 0 aliphatic carbocycles. The number of ether oxygens (including phenoxy) is 5. The highest BCUT2D eigenvalue weighted by Crippen LogP contribution is 2.48. The number of carbonyl (C=O) groups excluding carboxylic acids is 3. The van der Waals surface area contributed by atoms with Gasteiger partial charge in [0.2, 0.25) is 0 Å². The van der Waals surface area contributed by atoms with E-state index >= 15 is 0 Å². The van der Waals surface area contributed by atoms with Crippen LogP contribution in [0.5, 0.6) is 17.2 Å². The van der Waals surface area contributed by atoms with E-state index in [0.29, 0.717) is 5.75 Å². The van der Waals surface area contributed by atoms with Crippen molar-refractivity contribution in [1.29, 1.82) is 0 Å². The summed E-state index contributed by atoms with van der Waals surface area (Å²) in [5.74, 6) is -6.04. The van der Waals surface area contributed by atoms with Crippen molar-refractivity contribution < 1.29 is 57.8 Å². The first-order chi connectivity index (χ1) is 27.4. The maximum Gasteiger partial charge on any atom is 0.312 e. The summed E-state index contributed by atoms with van der Waals surface area (Å²) in [5, 5.41) is 36.5. The van der Waals surface area contributed by atoms with Gasteiger partial charge in [-0.15, -0.1) is 0 Å². The van der Waals surface area contributed by atoms with Gasteiger partial charge in [-0.2, -0.15) is 0 Å². The largest absolute Gasteiger partial charge is 0.505 e. The van der Waals surface area contributed by atoms with Gasteiger partial charge in [-0.25, -0.2) is 4.98 Å². The first-order valence-electron chi connectivity index (χ1n) is 18.9. The summed E-state index contributed by atoms with van der Waals surface area (Å²) < 4.78 is 35.3. The standard InChI is InChI=1S/C43H48N2O13/c1-19-11-10-12-20(2)42(52)45-35-37(50)32-31(34-40(35)57-30-14-13-25(53-8)17-26(30)44-34)33-39(23(5)36(32)49)58-43(7,41(33)51)55-16-15-29(54-9)22(4)38(56-24(6)46)21(3)28(48)18-27(19)47/h10-17,19,21-22,27-29,38,47-48,50H,18H2,1-9H3,(H,45,52)/b11-10+,16-15+,20-12-/t19-,21+,22+,27+,28+,29-,38-,43-/m0/s1. The number of aromatic hydroxyl groups is 1. The zero-order valence-corrected chi connectivity index (χ0v) is 33.7. The Bertz CT molecular complexity index is 2470. The number of hydrogen-bond acceptors (Lipinski definition) is 14. The van der Waals surface area contributed by atoms with Crippen LogP contribution in [-0.2, 0) is 23.8 Å². The fourth-order valence-corrected chi connectivity index (χ4v) is 7.47. The van der Waals surface area contributed by atoms with Crippen molar-refractivity contribution in [2.75, 3.05) is 19.5 Å². The van der Waals surface area contributed by atoms with E-state index in [1.807, 2.05) is 0 Å². The summed E-state index contributed by atoms with van der Waals surface area (Å²) in [6.45, 7) is 10.8. The van der Waals surface area contributed by atoms with Crippen molar-refractivity contribution in [2.24, 2.45) is 17.8 Å². The SMILES string of the molecule is COc1ccc2oc3c4c(O)c5c(=O)c(C)c6c(c5c3nc2c1)C(=O)[C@@](C)(O/C=C/[C@H](OC)[C@@H](C)[C@@H](OC(C)=O)[C@H](C)[C@H](O)C[C@@H](O)[C@@H](C)/C=C/C=C(/C)C(=O)N4)O6. The second-order valence-corrected chi connectivity index (χ2v) is 15.1. The van der Waals surface area contributed by atoms with Gasteiger partial charge < -0.3 is 48.7 Å². The van der Waals surface area contributed by atoms with E-state index in [0.717, 1.165) is 0 Å². The highest BCUT2D eigenvalue weighted by atomic mass is 16.7. The fraction of sp³-hybridized carbons (Fsp3) is 0.419. The van der Waals surface area contributed by atoms with Crippen molar-refractivity contribution >= 4 is 56.3 Å². The Morgan fingerprint density at radius 1 is 1.02 bits per heavy atom. The first-order valence-corrected chi connectivity index (χ1v) is 18.9. The minimum atomic E-state index is -2.04. The second-order valence-electron chi connectivity index (χ2n) is 15.1. The molecule has 15 nitrogen and oxygen atoms in total. The van der Waals surface area contributed by atoms with Crippen LogP contribution in [0.2, 0.25) is 0 Å². The van der Waals surface area contributed by atoms with Gasteiger partial charge in [0, 0.05) is 67.7 Å². The maximum absolute atomic E-state index is 14.6. The molecule has 3 aromatic carbocycles. The van der Waals surface area contributed by atoms with Gasteiger partial charge in [0.15, 0.2) is 22.3 Å². The van der Waals surface area contributed by atoms with Crippen LogP contribution >= 0.6 is 0 Å². The van der Waals surface area contributed by atoms with Crippen LogP contribution in [0.3, 0.4) is 0 Å². The Labute approximate surface area is 333 Å². The lowest BCUT2D eigenvalue weighted by Gasteiger charge is -2.35. The third-order valence-corrected chi connectivity index (χ3v) is 11.1. The number of rotatable bonds is 3. The highest BCUT2D eigenvalue weighted by molar-refractivity contribution is 6.26. The number of benzene rings is 3. The average molecular weight is 801 g/mol. The van der Waals surface area contributed by atoms with Gasteiger partial charge in [-0.1, -0.05) is 39.0 Å². The molecule has 2 aliphatic rings. The number of amides is 1. The van der Waals surface area contributed by atoms with Crippen molar-refractivity contribution in [3.05, 3.63) is 75.7 Å². The maximum atomic E-state index is 14.6. The zero-order chi connectivity index (χ0) is 42.4. The summed E-state index contributed by atoms with van der Waals surface area (Å²) in [7, 11) is 2.92. The van der Waals surface area contributed by atoms with E-state index in [4.69, 9.17) is 33.1 Å². The van der Waals surface area contributed by atoms with Crippen LogP contribution < -0.4 is 20.2 Å². The number of carbonyl (C=O) groups is 3. The topological polar surface area (TPSA) is 213 Å². The molecule has 0 saturated heterocycles. The number of hydrogen-bond donors (Lipinski definition) is 4. The molecule has 6 rings (SSSR count). The molecule has 4 bridgehead atoms. The minimum Gasteiger partial charge on any atom is -0.505 e. The lowest BCUT2D eigenvalue weighted by atomic mass is 9.83. The number of phenols is 1. The lowest BCUT2D eigenvalue weighted by Crippen LogP contribution is -2.43. The van der Waals surface area contributed by atoms with Gasteiger partial charge in [0.1, 0.15) is 34.3 Å². The smallest absolute Gasteiger partial charge is 0.312 e. The van der Waals surface area contributed by atoms with Crippen LogP contribution in [0.1, 0.15) is 63.9 Å². The average Bonchev–Trinajstić information content (AvgIpc) is 3.45. The molecule has 2 aliphatic heterocycles. The highest BCUT2D eigenvalue weighted by Gasteiger charge is 2.49. The van der Waals surface area contributed by atoms with E-state index in [-0.39, 0.29) is 67.5 Å². The Kier molecular flexibility index (Phi) is 11.7. The van der Waals surface area contributed by atoms with Crippen molar-refractivity contribution in [3.8, 4) is 17.2 Å². The third-order valence-electron chi connectivity index (χ3n) is 11.1. The Morgan fingerprint density at radius 3 is 2.41 bits per heavy atom. The molecule has 308 valence electrons. The predicted octanol–water partition coefficient (Wildman–Crippen LogP) is 5.76. The fourth-order valence-electron chi connectivity index (χ4n) is 7.47. The molecule has 0 spiro atoms. The summed E-state index contributed by atoms with van der Waals surface area (Å²) in [6.07, 6.45) is 3.59. The van der Waals surface area contributed by atoms with E-state index < -0.39 is 76.8 Å². The monoisotopic (exact) mass is 800 g/mol. The quantitative estimate of drug-likeness (QED) is 0.0840. The Hall–Kier alpha value is -5.77. The van der Waals surface area contributed by atoms with Crippen LogP contribution in [-0.4, -0.2) is 82.4 Å². The minimum absolute atomic E-state index is 0.0123. The predicted molar refractivity (Wildman–Crippen MR) is 214 cm³/mol. The van der Waals surface area contributed by atoms with Crippen molar-refractivity contribution in [1.82, 2.24) is 4.98 Å². The van der Waals surface area contributed by atoms with Gasteiger partial charge in [-0.05, 0) is 32.1 Å².